The second kappa shape index (κ2) is 49.5. The minimum Gasteiger partial charge on any atom is -0.481 e. The quantitative estimate of drug-likeness (QED) is 0.0345. The van der Waals surface area contributed by atoms with Gasteiger partial charge >= 0.3 is 35.9 Å². The van der Waals surface area contributed by atoms with Gasteiger partial charge < -0.3 is 33.7 Å². The average Bonchev–Trinajstić information content (AvgIpc) is 4.12. The maximum absolute atomic E-state index is 12.2. The van der Waals surface area contributed by atoms with Crippen molar-refractivity contribution in [2.24, 2.45) is 17.8 Å². The van der Waals surface area contributed by atoms with Gasteiger partial charge in [0.15, 0.2) is 0 Å². The summed E-state index contributed by atoms with van der Waals surface area (Å²) in [6.45, 7) is 18.9. The summed E-state index contributed by atoms with van der Waals surface area (Å²) in [6.07, 6.45) is 32.6. The molecule has 2 unspecified atom stereocenters. The minimum atomic E-state index is -1.04. The van der Waals surface area contributed by atoms with Gasteiger partial charge in [-0.15, -0.1) is 0 Å². The summed E-state index contributed by atoms with van der Waals surface area (Å²) in [7, 11) is 2.04. The van der Waals surface area contributed by atoms with E-state index in [1.807, 2.05) is 11.9 Å². The lowest BCUT2D eigenvalue weighted by molar-refractivity contribution is -0.150. The highest BCUT2D eigenvalue weighted by Gasteiger charge is 2.34. The number of nitrogens with zero attached hydrogens (tertiary/aromatic N) is 2. The van der Waals surface area contributed by atoms with Gasteiger partial charge in [-0.3, -0.25) is 33.7 Å². The molecular formula is C61H112N2O13. The van der Waals surface area contributed by atoms with Crippen LogP contribution in [0, 0.1) is 17.8 Å². The maximum atomic E-state index is 12.2. The third-order valence-corrected chi connectivity index (χ3v) is 14.0. The molecule has 15 heteroatoms. The summed E-state index contributed by atoms with van der Waals surface area (Å²) in [5.41, 5.74) is 0. The van der Waals surface area contributed by atoms with Crippen molar-refractivity contribution in [3.8, 4) is 0 Å². The van der Waals surface area contributed by atoms with Gasteiger partial charge in [0.05, 0.1) is 26.4 Å². The SMILES string of the molecule is CCC1CCCN1C(=O)OC1CN(C)C1.CCCCCCC.CCCCCCCCOC(=O)CC(CC(=O)O)CC(=O)OCC.CCCCCCCCOC(=O)CC(CC(=O)OCCCCCCCC)CC(=O)C1CC1. The Kier molecular flexibility index (Phi) is 47.1. The van der Waals surface area contributed by atoms with E-state index in [0.717, 1.165) is 96.7 Å². The van der Waals surface area contributed by atoms with Crippen LogP contribution >= 0.6 is 0 Å². The van der Waals surface area contributed by atoms with Crippen LogP contribution in [0.2, 0.25) is 0 Å². The topological polar surface area (TPSA) is 192 Å². The summed E-state index contributed by atoms with van der Waals surface area (Å²) < 4.78 is 26.1. The number of amides is 1. The van der Waals surface area contributed by atoms with E-state index in [0.29, 0.717) is 25.9 Å². The molecule has 0 aromatic rings. The molecule has 0 aromatic carbocycles. The van der Waals surface area contributed by atoms with Crippen molar-refractivity contribution in [2.45, 2.75) is 279 Å². The van der Waals surface area contributed by atoms with Crippen LogP contribution in [0.25, 0.3) is 0 Å². The standard InChI is InChI=1S/C26H46O5.C17H30O6.C11H20N2O2.C7H16/c1-3-5-7-9-11-13-17-30-25(28)20-22(19-24(27)23-15-16-23)21-26(29)31-18-14-12-10-8-6-4-2;1-3-5-6-7-8-9-10-23-17(21)13-14(11-15(18)19)12-16(20)22-4-2;1-3-9-5-4-6-13(9)11(14)15-10-7-12(2)8-10;1-3-5-7-6-4-2/h22-23H,3-21H2,1-2H3;14H,3-13H2,1-2H3,(H,18,19);9-10H,3-8H2,1-2H3;3-7H2,1-2H3. The number of hydrogen-bond acceptors (Lipinski definition) is 13. The fourth-order valence-corrected chi connectivity index (χ4v) is 9.19. The van der Waals surface area contributed by atoms with Gasteiger partial charge in [0.25, 0.3) is 0 Å². The first-order valence-electron chi connectivity index (χ1n) is 30.7. The molecule has 3 aliphatic rings. The number of Topliss-reactive ketones (excluding diaryl/α,β-unsaturated/α-hetero) is 1. The van der Waals surface area contributed by atoms with Gasteiger partial charge in [-0.25, -0.2) is 4.79 Å². The van der Waals surface area contributed by atoms with Crippen LogP contribution < -0.4 is 0 Å². The van der Waals surface area contributed by atoms with Crippen LogP contribution in [0.3, 0.4) is 0 Å². The van der Waals surface area contributed by atoms with Gasteiger partial charge in [-0.05, 0) is 77.2 Å². The van der Waals surface area contributed by atoms with Crippen LogP contribution in [0.4, 0.5) is 4.79 Å². The fourth-order valence-electron chi connectivity index (χ4n) is 9.19. The Morgan fingerprint density at radius 1 is 0.474 bits per heavy atom. The molecule has 3 rings (SSSR count). The summed E-state index contributed by atoms with van der Waals surface area (Å²) >= 11 is 0. The van der Waals surface area contributed by atoms with Gasteiger partial charge in [0.1, 0.15) is 11.9 Å². The molecule has 2 saturated heterocycles. The molecule has 2 atom stereocenters. The highest BCUT2D eigenvalue weighted by molar-refractivity contribution is 5.84. The number of rotatable bonds is 41. The molecule has 0 aromatic heterocycles. The number of ketones is 1. The van der Waals surface area contributed by atoms with E-state index in [2.05, 4.69) is 46.4 Å². The predicted octanol–water partition coefficient (Wildman–Crippen LogP) is 14.2. The van der Waals surface area contributed by atoms with E-state index < -0.39 is 23.8 Å². The molecule has 15 nitrogen and oxygen atoms in total. The lowest BCUT2D eigenvalue weighted by Crippen LogP contribution is -2.52. The molecule has 2 aliphatic heterocycles. The van der Waals surface area contributed by atoms with E-state index in [9.17, 15) is 33.6 Å². The Balaban J connectivity index is 0.00000109. The number of likely N-dealkylation sites (tertiary alicyclic amines) is 2. The second-order valence-corrected chi connectivity index (χ2v) is 21.5. The second-order valence-electron chi connectivity index (χ2n) is 21.5. The molecule has 2 heterocycles. The first kappa shape index (κ1) is 72.2. The van der Waals surface area contributed by atoms with Crippen molar-refractivity contribution < 1.29 is 62.4 Å². The monoisotopic (exact) mass is 1080 g/mol. The molecule has 0 bridgehead atoms. The third-order valence-electron chi connectivity index (χ3n) is 14.0. The van der Waals surface area contributed by atoms with Crippen LogP contribution in [-0.4, -0.2) is 122 Å². The Labute approximate surface area is 462 Å². The van der Waals surface area contributed by atoms with Gasteiger partial charge in [0.2, 0.25) is 0 Å². The number of carbonyl (C=O) groups is 7. The van der Waals surface area contributed by atoms with Crippen molar-refractivity contribution in [2.75, 3.05) is 53.1 Å². The first-order valence-corrected chi connectivity index (χ1v) is 30.7. The number of likely N-dealkylation sites (N-methyl/N-ethyl adjacent to an activating group) is 1. The number of unbranched alkanes of at least 4 members (excludes halogenated alkanes) is 19. The Bertz CT molecular complexity index is 1460. The Hall–Kier alpha value is -3.75. The maximum Gasteiger partial charge on any atom is 0.410 e. The van der Waals surface area contributed by atoms with Gasteiger partial charge in [0, 0.05) is 70.1 Å². The number of ether oxygens (including phenoxy) is 5. The van der Waals surface area contributed by atoms with E-state index >= 15 is 0 Å². The molecule has 1 saturated carbocycles. The highest BCUT2D eigenvalue weighted by Crippen LogP contribution is 2.33. The number of esters is 4. The normalized spacial score (nSPS) is 15.4. The van der Waals surface area contributed by atoms with Crippen LogP contribution in [0.1, 0.15) is 267 Å². The number of carbonyl (C=O) groups excluding carboxylic acids is 6. The molecule has 1 amide bonds. The number of carboxylic acids is 1. The zero-order valence-corrected chi connectivity index (χ0v) is 49.6. The molecule has 444 valence electrons. The summed E-state index contributed by atoms with van der Waals surface area (Å²) in [6, 6.07) is 0.412. The van der Waals surface area contributed by atoms with Crippen molar-refractivity contribution in [1.29, 1.82) is 0 Å². The van der Waals surface area contributed by atoms with Crippen molar-refractivity contribution >= 4 is 41.7 Å². The molecule has 3 fully saturated rings. The first-order chi connectivity index (χ1) is 36.7. The van der Waals surface area contributed by atoms with E-state index in [4.69, 9.17) is 28.8 Å². The van der Waals surface area contributed by atoms with Gasteiger partial charge in [-0.1, -0.05) is 170 Å². The number of carboxylic acid groups (broad SMARTS) is 1. The molecule has 1 N–H and O–H groups in total. The zero-order chi connectivity index (χ0) is 56.6. The van der Waals surface area contributed by atoms with Crippen molar-refractivity contribution in [1.82, 2.24) is 9.80 Å². The fraction of sp³-hybridized carbons (Fsp3) is 0.885. The minimum absolute atomic E-state index is 0.0685. The van der Waals surface area contributed by atoms with Crippen molar-refractivity contribution in [3.63, 3.8) is 0 Å². The van der Waals surface area contributed by atoms with Crippen LogP contribution in [0.5, 0.6) is 0 Å². The molecule has 1 aliphatic carbocycles. The molecule has 76 heavy (non-hydrogen) atoms. The van der Waals surface area contributed by atoms with Gasteiger partial charge in [-0.2, -0.15) is 0 Å². The Morgan fingerprint density at radius 3 is 1.20 bits per heavy atom. The van der Waals surface area contributed by atoms with E-state index in [-0.39, 0.29) is 86.9 Å². The smallest absolute Gasteiger partial charge is 0.410 e. The highest BCUT2D eigenvalue weighted by atomic mass is 16.6. The van der Waals surface area contributed by atoms with Crippen molar-refractivity contribution in [3.05, 3.63) is 0 Å². The average molecular weight is 1080 g/mol. The van der Waals surface area contributed by atoms with E-state index in [1.165, 1.54) is 103 Å². The van der Waals surface area contributed by atoms with E-state index in [1.54, 1.807) is 6.92 Å². The predicted molar refractivity (Wildman–Crippen MR) is 302 cm³/mol. The number of hydrogen-bond donors (Lipinski definition) is 1. The summed E-state index contributed by atoms with van der Waals surface area (Å²) in [5.74, 6) is -3.14. The van der Waals surface area contributed by atoms with Crippen LogP contribution in [0.15, 0.2) is 0 Å². The Morgan fingerprint density at radius 2 is 0.842 bits per heavy atom. The van der Waals surface area contributed by atoms with Crippen LogP contribution in [-0.2, 0) is 52.5 Å². The molecule has 0 spiro atoms. The summed E-state index contributed by atoms with van der Waals surface area (Å²) in [4.78, 5) is 86.6. The third kappa shape index (κ3) is 42.3. The summed E-state index contributed by atoms with van der Waals surface area (Å²) in [5, 5.41) is 8.85. The lowest BCUT2D eigenvalue weighted by Gasteiger charge is -2.36. The largest absolute Gasteiger partial charge is 0.481 e. The zero-order valence-electron chi connectivity index (χ0n) is 49.6. The lowest BCUT2D eigenvalue weighted by atomic mass is 9.93. The molecular weight excluding hydrogens is 969 g/mol. The molecule has 0 radical (unpaired) electrons. The number of aliphatic carboxylic acids is 1.